The fourth-order valence-electron chi connectivity index (χ4n) is 12.2. The lowest BCUT2D eigenvalue weighted by Crippen LogP contribution is -2.66. The molecular weight excluding hydrogens is 510 g/mol. The van der Waals surface area contributed by atoms with Crippen LogP contribution < -0.4 is 0 Å². The molecule has 228 valence electrons. The van der Waals surface area contributed by atoms with Crippen LogP contribution in [0.2, 0.25) is 0 Å². The van der Waals surface area contributed by atoms with Crippen LogP contribution in [0.1, 0.15) is 126 Å². The molecule has 1 N–H and O–H groups in total. The largest absolute Gasteiger partial charge is 0.481 e. The summed E-state index contributed by atoms with van der Waals surface area (Å²) in [4.78, 5) is 24.6. The number of allylic oxidation sites excluding steroid dienone is 1. The number of carboxylic acid groups (broad SMARTS) is 1. The summed E-state index contributed by atoms with van der Waals surface area (Å²) in [6.07, 6.45) is 10.7. The van der Waals surface area contributed by atoms with Gasteiger partial charge < -0.3 is 9.84 Å². The second kappa shape index (κ2) is 9.59. The number of fused-ring (bicyclic) bond motifs is 7. The van der Waals surface area contributed by atoms with Crippen LogP contribution in [0.15, 0.2) is 12.2 Å². The van der Waals surface area contributed by atoms with Crippen LogP contribution in [0.25, 0.3) is 0 Å². The molecule has 0 aromatic heterocycles. The normalized spacial score (nSPS) is 46.6. The van der Waals surface area contributed by atoms with Crippen LogP contribution in [0.4, 0.5) is 0 Å². The first kappa shape index (κ1) is 30.6. The average molecular weight is 566 g/mol. The van der Waals surface area contributed by atoms with Crippen LogP contribution in [-0.4, -0.2) is 23.1 Å². The van der Waals surface area contributed by atoms with Crippen molar-refractivity contribution < 1.29 is 19.4 Å². The van der Waals surface area contributed by atoms with E-state index in [0.717, 1.165) is 44.9 Å². The first-order chi connectivity index (χ1) is 18.9. The Bertz CT molecular complexity index is 1160. The van der Waals surface area contributed by atoms with Gasteiger partial charge >= 0.3 is 11.9 Å². The minimum Gasteiger partial charge on any atom is -0.481 e. The molecule has 5 aliphatic carbocycles. The highest BCUT2D eigenvalue weighted by Gasteiger charge is 2.71. The molecule has 0 saturated heterocycles. The molecule has 0 bridgehead atoms. The fourth-order valence-corrected chi connectivity index (χ4v) is 12.2. The van der Waals surface area contributed by atoms with Gasteiger partial charge in [0, 0.05) is 5.41 Å². The Hall–Kier alpha value is -1.83. The molecule has 0 amide bonds. The highest BCUT2D eigenvalue weighted by Crippen LogP contribution is 2.77. The summed E-state index contributed by atoms with van der Waals surface area (Å²) in [5.41, 5.74) is 0.405. The molecule has 5 fully saturated rings. The second-order valence-electron chi connectivity index (χ2n) is 17.2. The van der Waals surface area contributed by atoms with Crippen molar-refractivity contribution in [2.45, 2.75) is 132 Å². The van der Waals surface area contributed by atoms with Crippen LogP contribution in [0.3, 0.4) is 0 Å². The van der Waals surface area contributed by atoms with E-state index in [9.17, 15) is 20.0 Å². The molecule has 5 heteroatoms. The number of esters is 1. The van der Waals surface area contributed by atoms with Crippen molar-refractivity contribution in [2.75, 3.05) is 0 Å². The molecule has 0 radical (unpaired) electrons. The monoisotopic (exact) mass is 565 g/mol. The van der Waals surface area contributed by atoms with Gasteiger partial charge in [-0.1, -0.05) is 46.8 Å². The summed E-state index contributed by atoms with van der Waals surface area (Å²) >= 11 is 0. The number of carbonyl (C=O) groups excluding carboxylic acids is 1. The highest BCUT2D eigenvalue weighted by atomic mass is 16.5. The Kier molecular flexibility index (Phi) is 7.16. The fraction of sp³-hybridized carbons (Fsp3) is 0.861. The lowest BCUT2D eigenvalue weighted by molar-refractivity contribution is -0.247. The number of rotatable bonds is 5. The second-order valence-corrected chi connectivity index (χ2v) is 17.2. The number of hydrogen-bond acceptors (Lipinski definition) is 4. The summed E-state index contributed by atoms with van der Waals surface area (Å²) in [6.45, 7) is 22.1. The van der Waals surface area contributed by atoms with Gasteiger partial charge in [-0.05, 0) is 131 Å². The molecule has 0 aliphatic heterocycles. The van der Waals surface area contributed by atoms with E-state index >= 15 is 0 Å². The van der Waals surface area contributed by atoms with E-state index in [1.807, 2.05) is 0 Å². The van der Waals surface area contributed by atoms with Crippen LogP contribution >= 0.6 is 0 Å². The molecule has 10 atom stereocenters. The predicted octanol–water partition coefficient (Wildman–Crippen LogP) is 8.58. The molecule has 5 rings (SSSR count). The Morgan fingerprint density at radius 1 is 0.927 bits per heavy atom. The minimum absolute atomic E-state index is 0.103. The molecule has 41 heavy (non-hydrogen) atoms. The number of hydrogen-bond donors (Lipinski definition) is 1. The first-order valence-corrected chi connectivity index (χ1v) is 16.4. The lowest BCUT2D eigenvalue weighted by Gasteiger charge is -2.72. The standard InChI is InChI=1S/C36H55NO4/c1-22(2)23-12-17-36(21-37)19-18-34(8)24(29(23)36)10-11-26-33(7)15-14-27(41-28(38)20-31(3,4)30(39)40)32(5,6)25(33)13-16-35(26,34)9/h23-27,29H,1,10-20H2,2-9H3,(H,39,40)/t23-,24+,25-,26+,27-,29+,33-,34+,35+,36+/m0/s1. The predicted molar refractivity (Wildman–Crippen MR) is 160 cm³/mol. The van der Waals surface area contributed by atoms with E-state index in [-0.39, 0.29) is 45.6 Å². The van der Waals surface area contributed by atoms with Gasteiger partial charge in [-0.25, -0.2) is 0 Å². The summed E-state index contributed by atoms with van der Waals surface area (Å²) < 4.78 is 6.12. The Balaban J connectivity index is 1.41. The summed E-state index contributed by atoms with van der Waals surface area (Å²) in [7, 11) is 0. The van der Waals surface area contributed by atoms with E-state index in [1.165, 1.54) is 24.8 Å². The highest BCUT2D eigenvalue weighted by molar-refractivity contribution is 5.81. The zero-order valence-corrected chi connectivity index (χ0v) is 27.1. The summed E-state index contributed by atoms with van der Waals surface area (Å²) in [5, 5.41) is 20.0. The smallest absolute Gasteiger partial charge is 0.309 e. The van der Waals surface area contributed by atoms with E-state index in [4.69, 9.17) is 4.74 Å². The summed E-state index contributed by atoms with van der Waals surface area (Å²) in [6, 6.07) is 2.89. The number of nitrogens with zero attached hydrogens (tertiary/aromatic N) is 1. The minimum atomic E-state index is -1.13. The average Bonchev–Trinajstić information content (AvgIpc) is 3.26. The molecule has 5 saturated carbocycles. The van der Waals surface area contributed by atoms with E-state index in [0.29, 0.717) is 29.6 Å². The molecule has 5 nitrogen and oxygen atoms in total. The molecule has 0 heterocycles. The number of ether oxygens (including phenoxy) is 1. The lowest BCUT2D eigenvalue weighted by atomic mass is 9.32. The van der Waals surface area contributed by atoms with Crippen molar-refractivity contribution in [2.24, 2.45) is 62.1 Å². The Morgan fingerprint density at radius 2 is 1.61 bits per heavy atom. The van der Waals surface area contributed by atoms with Crippen molar-refractivity contribution >= 4 is 11.9 Å². The zero-order valence-electron chi connectivity index (χ0n) is 27.1. The van der Waals surface area contributed by atoms with E-state index in [2.05, 4.69) is 54.2 Å². The maximum atomic E-state index is 12.9. The number of carboxylic acids is 1. The SMILES string of the molecule is C=C(C)[C@@H]1CC[C@]2(C#N)CC[C@]3(C)[C@H](CC[C@@H]4[C@@]5(C)CC[C@H](OC(=O)CC(C)(C)C(=O)O)C(C)(C)[C@@H]5CC[C@]43C)[C@@H]12. The van der Waals surface area contributed by atoms with Crippen molar-refractivity contribution in [3.63, 3.8) is 0 Å². The first-order valence-electron chi connectivity index (χ1n) is 16.4. The third-order valence-electron chi connectivity index (χ3n) is 14.7. The van der Waals surface area contributed by atoms with Gasteiger partial charge in [-0.2, -0.15) is 5.26 Å². The molecule has 0 spiro atoms. The van der Waals surface area contributed by atoms with Crippen molar-refractivity contribution in [1.82, 2.24) is 0 Å². The van der Waals surface area contributed by atoms with Crippen molar-refractivity contribution in [3.05, 3.63) is 12.2 Å². The van der Waals surface area contributed by atoms with E-state index < -0.39 is 11.4 Å². The van der Waals surface area contributed by atoms with Gasteiger partial charge in [0.25, 0.3) is 0 Å². The quantitative estimate of drug-likeness (QED) is 0.266. The van der Waals surface area contributed by atoms with Crippen LogP contribution in [-0.2, 0) is 14.3 Å². The van der Waals surface area contributed by atoms with Crippen LogP contribution in [0.5, 0.6) is 0 Å². The zero-order chi connectivity index (χ0) is 30.4. The Labute approximate surface area is 248 Å². The molecule has 5 aliphatic rings. The van der Waals surface area contributed by atoms with Crippen molar-refractivity contribution in [3.8, 4) is 6.07 Å². The van der Waals surface area contributed by atoms with Gasteiger partial charge in [-0.3, -0.25) is 9.59 Å². The Morgan fingerprint density at radius 3 is 2.22 bits per heavy atom. The topological polar surface area (TPSA) is 87.4 Å². The van der Waals surface area contributed by atoms with E-state index in [1.54, 1.807) is 13.8 Å². The molecule has 0 unspecified atom stereocenters. The van der Waals surface area contributed by atoms with Gasteiger partial charge in [0.05, 0.1) is 23.3 Å². The van der Waals surface area contributed by atoms with Crippen molar-refractivity contribution in [1.29, 1.82) is 5.26 Å². The van der Waals surface area contributed by atoms with Crippen LogP contribution in [0, 0.1) is 73.4 Å². The van der Waals surface area contributed by atoms with Gasteiger partial charge in [0.15, 0.2) is 0 Å². The number of carbonyl (C=O) groups is 2. The number of aliphatic carboxylic acids is 1. The molecule has 0 aromatic carbocycles. The summed E-state index contributed by atoms with van der Waals surface area (Å²) in [5.74, 6) is 1.18. The molecule has 0 aromatic rings. The maximum absolute atomic E-state index is 12.9. The van der Waals surface area contributed by atoms with Gasteiger partial charge in [0.2, 0.25) is 0 Å². The number of nitriles is 1. The van der Waals surface area contributed by atoms with Gasteiger partial charge in [0.1, 0.15) is 6.10 Å². The van der Waals surface area contributed by atoms with Gasteiger partial charge in [-0.15, -0.1) is 0 Å². The molecular formula is C36H55NO4. The third kappa shape index (κ3) is 4.19. The maximum Gasteiger partial charge on any atom is 0.309 e. The third-order valence-corrected chi connectivity index (χ3v) is 14.7.